The molecular formula is C16H11BrCl2N2O. The van der Waals surface area contributed by atoms with Crippen molar-refractivity contribution in [2.24, 2.45) is 4.99 Å². The lowest BCUT2D eigenvalue weighted by Crippen LogP contribution is -2.14. The number of aliphatic imine (C=N–C) groups is 1. The summed E-state index contributed by atoms with van der Waals surface area (Å²) in [7, 11) is 0. The quantitative estimate of drug-likeness (QED) is 0.683. The molecule has 0 saturated heterocycles. The van der Waals surface area contributed by atoms with Gasteiger partial charge in [0, 0.05) is 15.1 Å². The van der Waals surface area contributed by atoms with E-state index in [0.717, 1.165) is 26.9 Å². The Balaban J connectivity index is 2.17. The summed E-state index contributed by atoms with van der Waals surface area (Å²) < 4.78 is 0.800. The first kappa shape index (κ1) is 15.5. The fourth-order valence-electron chi connectivity index (χ4n) is 2.33. The lowest BCUT2D eigenvalue weighted by molar-refractivity contribution is -0.110. The van der Waals surface area contributed by atoms with Gasteiger partial charge in [0.1, 0.15) is 5.71 Å². The molecule has 0 fully saturated rings. The SMILES string of the molecule is Cc1c(N=C2C(=O)Nc3c2ccc(Cl)c3C)ccc(Br)c1Cl. The third-order valence-corrected chi connectivity index (χ3v) is 5.44. The molecule has 0 bridgehead atoms. The molecule has 0 atom stereocenters. The molecule has 3 rings (SSSR count). The van der Waals surface area contributed by atoms with E-state index in [1.807, 2.05) is 26.0 Å². The number of carbonyl (C=O) groups excluding carboxylic acids is 1. The Morgan fingerprint density at radius 3 is 2.55 bits per heavy atom. The maximum absolute atomic E-state index is 12.2. The molecule has 0 aliphatic carbocycles. The van der Waals surface area contributed by atoms with E-state index in [1.165, 1.54) is 0 Å². The maximum atomic E-state index is 12.2. The van der Waals surface area contributed by atoms with Crippen molar-refractivity contribution in [2.75, 3.05) is 5.32 Å². The Bertz CT molecular complexity index is 847. The number of halogens is 3. The monoisotopic (exact) mass is 396 g/mol. The average Bonchev–Trinajstić information content (AvgIpc) is 2.80. The van der Waals surface area contributed by atoms with Crippen LogP contribution in [0.2, 0.25) is 10.0 Å². The molecule has 1 N–H and O–H groups in total. The number of nitrogens with zero attached hydrogens (tertiary/aromatic N) is 1. The highest BCUT2D eigenvalue weighted by molar-refractivity contribution is 9.10. The lowest BCUT2D eigenvalue weighted by atomic mass is 10.1. The summed E-state index contributed by atoms with van der Waals surface area (Å²) in [5.74, 6) is -0.237. The summed E-state index contributed by atoms with van der Waals surface area (Å²) in [5.41, 5.74) is 4.16. The van der Waals surface area contributed by atoms with Crippen LogP contribution in [-0.4, -0.2) is 11.6 Å². The van der Waals surface area contributed by atoms with E-state index in [9.17, 15) is 4.79 Å². The van der Waals surface area contributed by atoms with Gasteiger partial charge in [0.15, 0.2) is 0 Å². The van der Waals surface area contributed by atoms with Crippen LogP contribution in [0.25, 0.3) is 0 Å². The van der Waals surface area contributed by atoms with Gasteiger partial charge in [-0.3, -0.25) is 4.79 Å². The number of carbonyl (C=O) groups is 1. The van der Waals surface area contributed by atoms with Gasteiger partial charge < -0.3 is 5.32 Å². The molecule has 22 heavy (non-hydrogen) atoms. The zero-order valence-electron chi connectivity index (χ0n) is 11.8. The summed E-state index contributed by atoms with van der Waals surface area (Å²) in [6.07, 6.45) is 0. The molecule has 2 aromatic carbocycles. The van der Waals surface area contributed by atoms with Crippen molar-refractivity contribution in [3.63, 3.8) is 0 Å². The fraction of sp³-hybridized carbons (Fsp3) is 0.125. The summed E-state index contributed by atoms with van der Waals surface area (Å²) in [6.45, 7) is 3.74. The second-order valence-corrected chi connectivity index (χ2v) is 6.65. The summed E-state index contributed by atoms with van der Waals surface area (Å²) >= 11 is 15.7. The highest BCUT2D eigenvalue weighted by atomic mass is 79.9. The number of hydrogen-bond donors (Lipinski definition) is 1. The van der Waals surface area contributed by atoms with E-state index in [1.54, 1.807) is 12.1 Å². The van der Waals surface area contributed by atoms with Gasteiger partial charge in [0.2, 0.25) is 0 Å². The van der Waals surface area contributed by atoms with Crippen molar-refractivity contribution >= 4 is 62.1 Å². The number of anilines is 1. The molecule has 112 valence electrons. The van der Waals surface area contributed by atoms with Gasteiger partial charge in [-0.15, -0.1) is 0 Å². The van der Waals surface area contributed by atoms with Gasteiger partial charge >= 0.3 is 0 Å². The van der Waals surface area contributed by atoms with Crippen molar-refractivity contribution < 1.29 is 4.79 Å². The predicted molar refractivity (Wildman–Crippen MR) is 94.9 cm³/mol. The number of rotatable bonds is 1. The van der Waals surface area contributed by atoms with E-state index < -0.39 is 0 Å². The van der Waals surface area contributed by atoms with Crippen LogP contribution in [0.4, 0.5) is 11.4 Å². The van der Waals surface area contributed by atoms with Gasteiger partial charge in [-0.2, -0.15) is 0 Å². The molecule has 1 amide bonds. The molecule has 2 aromatic rings. The lowest BCUT2D eigenvalue weighted by Gasteiger charge is -2.06. The number of amides is 1. The van der Waals surface area contributed by atoms with Crippen LogP contribution in [-0.2, 0) is 4.79 Å². The van der Waals surface area contributed by atoms with Crippen molar-refractivity contribution in [1.29, 1.82) is 0 Å². The smallest absolute Gasteiger partial charge is 0.275 e. The first-order valence-electron chi connectivity index (χ1n) is 6.54. The van der Waals surface area contributed by atoms with E-state index in [4.69, 9.17) is 23.2 Å². The minimum absolute atomic E-state index is 0.237. The highest BCUT2D eigenvalue weighted by Crippen LogP contribution is 2.36. The van der Waals surface area contributed by atoms with Crippen molar-refractivity contribution in [3.8, 4) is 0 Å². The van der Waals surface area contributed by atoms with E-state index in [2.05, 4.69) is 26.2 Å². The molecule has 3 nitrogen and oxygen atoms in total. The third kappa shape index (κ3) is 2.45. The largest absolute Gasteiger partial charge is 0.320 e. The Kier molecular flexibility index (Phi) is 4.02. The number of hydrogen-bond acceptors (Lipinski definition) is 2. The van der Waals surface area contributed by atoms with Gasteiger partial charge in [-0.1, -0.05) is 23.2 Å². The van der Waals surface area contributed by atoms with Crippen molar-refractivity contribution in [1.82, 2.24) is 0 Å². The molecule has 0 unspecified atom stereocenters. The molecule has 0 radical (unpaired) electrons. The Labute approximate surface area is 146 Å². The van der Waals surface area contributed by atoms with Gasteiger partial charge in [0.05, 0.1) is 16.4 Å². The first-order chi connectivity index (χ1) is 10.4. The summed E-state index contributed by atoms with van der Waals surface area (Å²) in [5, 5.41) is 4.03. The molecule has 1 aliphatic heterocycles. The summed E-state index contributed by atoms with van der Waals surface area (Å²) in [6, 6.07) is 7.21. The maximum Gasteiger partial charge on any atom is 0.275 e. The number of nitrogens with one attached hydrogen (secondary N) is 1. The Morgan fingerprint density at radius 2 is 1.82 bits per heavy atom. The zero-order chi connectivity index (χ0) is 16.0. The molecule has 0 saturated carbocycles. The minimum atomic E-state index is -0.237. The minimum Gasteiger partial charge on any atom is -0.320 e. The third-order valence-electron chi connectivity index (χ3n) is 3.65. The van der Waals surface area contributed by atoms with Crippen LogP contribution in [0, 0.1) is 13.8 Å². The fourth-order valence-corrected chi connectivity index (χ4v) is 3.08. The summed E-state index contributed by atoms with van der Waals surface area (Å²) in [4.78, 5) is 16.7. The van der Waals surface area contributed by atoms with Crippen molar-refractivity contribution in [3.05, 3.63) is 55.5 Å². The number of benzene rings is 2. The van der Waals surface area contributed by atoms with E-state index in [0.29, 0.717) is 21.4 Å². The van der Waals surface area contributed by atoms with Crippen LogP contribution < -0.4 is 5.32 Å². The Hall–Kier alpha value is -1.36. The molecular weight excluding hydrogens is 387 g/mol. The first-order valence-corrected chi connectivity index (χ1v) is 8.09. The van der Waals surface area contributed by atoms with Crippen LogP contribution >= 0.6 is 39.1 Å². The van der Waals surface area contributed by atoms with Crippen molar-refractivity contribution in [2.45, 2.75) is 13.8 Å². The number of fused-ring (bicyclic) bond motifs is 1. The zero-order valence-corrected chi connectivity index (χ0v) is 14.9. The molecule has 1 aliphatic rings. The van der Waals surface area contributed by atoms with E-state index in [-0.39, 0.29) is 5.91 Å². The van der Waals surface area contributed by atoms with Crippen LogP contribution in [0.3, 0.4) is 0 Å². The second kappa shape index (κ2) is 5.69. The van der Waals surface area contributed by atoms with Gasteiger partial charge in [0.25, 0.3) is 5.91 Å². The van der Waals surface area contributed by atoms with Gasteiger partial charge in [-0.25, -0.2) is 4.99 Å². The second-order valence-electron chi connectivity index (χ2n) is 5.01. The molecule has 0 aromatic heterocycles. The topological polar surface area (TPSA) is 41.5 Å². The molecule has 0 spiro atoms. The Morgan fingerprint density at radius 1 is 1.09 bits per heavy atom. The van der Waals surface area contributed by atoms with Crippen LogP contribution in [0.5, 0.6) is 0 Å². The molecule has 1 heterocycles. The predicted octanol–water partition coefficient (Wildman–Crippen LogP) is 5.45. The highest BCUT2D eigenvalue weighted by Gasteiger charge is 2.28. The normalized spacial score (nSPS) is 15.1. The molecule has 6 heteroatoms. The van der Waals surface area contributed by atoms with E-state index >= 15 is 0 Å². The van der Waals surface area contributed by atoms with Crippen LogP contribution in [0.15, 0.2) is 33.7 Å². The van der Waals surface area contributed by atoms with Gasteiger partial charge in [-0.05, 0) is 65.2 Å². The average molecular weight is 398 g/mol. The van der Waals surface area contributed by atoms with Crippen LogP contribution in [0.1, 0.15) is 16.7 Å². The standard InChI is InChI=1S/C16H11BrCl2N2O/c1-7-11(18)5-3-9-14(7)21-16(22)15(9)20-12-6-4-10(17)13(19)8(12)2/h3-6H,1-2H3,(H,20,21,22).